The van der Waals surface area contributed by atoms with E-state index < -0.39 is 11.9 Å². The zero-order valence-electron chi connectivity index (χ0n) is 20.8. The highest BCUT2D eigenvalue weighted by molar-refractivity contribution is 5.84. The summed E-state index contributed by atoms with van der Waals surface area (Å²) in [6, 6.07) is 21.6. The van der Waals surface area contributed by atoms with Gasteiger partial charge < -0.3 is 10.1 Å². The van der Waals surface area contributed by atoms with Crippen molar-refractivity contribution in [2.24, 2.45) is 5.92 Å². The Bertz CT molecular complexity index is 1590. The third-order valence-corrected chi connectivity index (χ3v) is 7.57. The van der Waals surface area contributed by atoms with Crippen LogP contribution in [-0.2, 0) is 4.79 Å². The van der Waals surface area contributed by atoms with Crippen LogP contribution in [0.2, 0.25) is 0 Å². The molecule has 1 aliphatic carbocycles. The molecule has 190 valence electrons. The van der Waals surface area contributed by atoms with Crippen molar-refractivity contribution in [2.45, 2.75) is 38.0 Å². The Hall–Kier alpha value is -4.39. The average molecular weight is 507 g/mol. The van der Waals surface area contributed by atoms with E-state index in [1.807, 2.05) is 36.5 Å². The fourth-order valence-electron chi connectivity index (χ4n) is 5.49. The molecule has 0 bridgehead atoms. The largest absolute Gasteiger partial charge is 0.481 e. The van der Waals surface area contributed by atoms with E-state index in [0.29, 0.717) is 11.8 Å². The first-order chi connectivity index (χ1) is 18.5. The maximum absolute atomic E-state index is 13.5. The van der Waals surface area contributed by atoms with Crippen LogP contribution in [-0.4, -0.2) is 31.0 Å². The molecule has 5 aromatic rings. The lowest BCUT2D eigenvalue weighted by molar-refractivity contribution is -0.138. The lowest BCUT2D eigenvalue weighted by Crippen LogP contribution is -2.16. The van der Waals surface area contributed by atoms with Crippen LogP contribution in [0.1, 0.15) is 43.6 Å². The van der Waals surface area contributed by atoms with Gasteiger partial charge in [0.15, 0.2) is 0 Å². The summed E-state index contributed by atoms with van der Waals surface area (Å²) in [5, 5.41) is 9.04. The number of halogens is 1. The zero-order chi connectivity index (χ0) is 26.1. The van der Waals surface area contributed by atoms with Crippen molar-refractivity contribution in [3.05, 3.63) is 90.6 Å². The fourth-order valence-corrected chi connectivity index (χ4v) is 5.49. The van der Waals surface area contributed by atoms with Gasteiger partial charge >= 0.3 is 5.97 Å². The van der Waals surface area contributed by atoms with Gasteiger partial charge in [0.25, 0.3) is 0 Å². The second-order valence-electron chi connectivity index (χ2n) is 10.1. The van der Waals surface area contributed by atoms with E-state index >= 15 is 0 Å². The number of aliphatic carboxylic acids is 1. The molecule has 3 aromatic heterocycles. The Morgan fingerprint density at radius 2 is 1.61 bits per heavy atom. The number of hydrogen-bond donors (Lipinski definition) is 2. The number of nitrogens with one attached hydrogen (secondary N) is 1. The zero-order valence-corrected chi connectivity index (χ0v) is 20.8. The number of carboxylic acids is 1. The van der Waals surface area contributed by atoms with Gasteiger partial charge in [-0.25, -0.2) is 9.97 Å². The lowest BCUT2D eigenvalue weighted by atomic mass is 9.77. The molecule has 0 atom stereocenters. The van der Waals surface area contributed by atoms with E-state index in [-0.39, 0.29) is 6.42 Å². The molecule has 7 heteroatoms. The monoisotopic (exact) mass is 506 g/mol. The van der Waals surface area contributed by atoms with E-state index in [4.69, 9.17) is 10.1 Å². The van der Waals surface area contributed by atoms with Gasteiger partial charge in [0.05, 0.1) is 16.7 Å². The number of carbonyl (C=O) groups is 1. The van der Waals surface area contributed by atoms with Crippen molar-refractivity contribution in [1.29, 1.82) is 0 Å². The van der Waals surface area contributed by atoms with E-state index in [9.17, 15) is 9.18 Å². The molecule has 0 unspecified atom stereocenters. The second-order valence-corrected chi connectivity index (χ2v) is 10.1. The van der Waals surface area contributed by atoms with Gasteiger partial charge in [0, 0.05) is 36.0 Å². The number of hydrogen-bond acceptors (Lipinski definition) is 4. The van der Waals surface area contributed by atoms with Crippen molar-refractivity contribution in [3.63, 3.8) is 0 Å². The van der Waals surface area contributed by atoms with Crippen LogP contribution >= 0.6 is 0 Å². The molecule has 6 nitrogen and oxygen atoms in total. The molecule has 0 amide bonds. The molecule has 1 saturated carbocycles. The van der Waals surface area contributed by atoms with Crippen molar-refractivity contribution in [3.8, 4) is 33.8 Å². The average Bonchev–Trinajstić information content (AvgIpc) is 3.37. The third kappa shape index (κ3) is 5.05. The van der Waals surface area contributed by atoms with Crippen LogP contribution in [0.5, 0.6) is 0 Å². The molecule has 0 spiro atoms. The summed E-state index contributed by atoms with van der Waals surface area (Å²) < 4.78 is 13.5. The number of pyridine rings is 2. The highest BCUT2D eigenvalue weighted by Crippen LogP contribution is 2.37. The van der Waals surface area contributed by atoms with Crippen molar-refractivity contribution < 1.29 is 14.3 Å². The van der Waals surface area contributed by atoms with Crippen LogP contribution in [0.3, 0.4) is 0 Å². The van der Waals surface area contributed by atoms with Gasteiger partial charge in [-0.15, -0.1) is 0 Å². The van der Waals surface area contributed by atoms with Crippen molar-refractivity contribution in [1.82, 2.24) is 19.9 Å². The minimum absolute atomic E-state index is 0.287. The van der Waals surface area contributed by atoms with Gasteiger partial charge in [-0.05, 0) is 84.5 Å². The SMILES string of the molecule is O=C(O)CC1CCC(c2ccc(-c3ccc(-c4nc5ccc(-c6ccnc(F)c6)cc5[nH]4)cn3)cc2)CC1. The molecule has 0 aliphatic heterocycles. The number of benzene rings is 2. The number of carboxylic acid groups (broad SMARTS) is 1. The van der Waals surface area contributed by atoms with Gasteiger partial charge in [-0.1, -0.05) is 30.3 Å². The molecule has 1 aliphatic rings. The normalized spacial score (nSPS) is 17.5. The standard InChI is InChI=1S/C31H27FN4O2/c32-29-17-24(13-14-33-29)23-9-12-27-28(16-23)36-31(35-27)25-10-11-26(34-18-25)22-7-5-21(6-8-22)20-3-1-19(2-4-20)15-30(37)38/h5-14,16-20H,1-4,15H2,(H,35,36)(H,37,38). The number of rotatable bonds is 6. The van der Waals surface area contributed by atoms with Crippen LogP contribution in [0.4, 0.5) is 4.39 Å². The molecule has 6 rings (SSSR count). The third-order valence-electron chi connectivity index (χ3n) is 7.57. The molecular formula is C31H27FN4O2. The number of nitrogens with zero attached hydrogens (tertiary/aromatic N) is 3. The van der Waals surface area contributed by atoms with Gasteiger partial charge in [0.1, 0.15) is 5.82 Å². The highest BCUT2D eigenvalue weighted by Gasteiger charge is 2.24. The highest BCUT2D eigenvalue weighted by atomic mass is 19.1. The quantitative estimate of drug-likeness (QED) is 0.237. The Kier molecular flexibility index (Phi) is 6.42. The molecule has 1 fully saturated rings. The summed E-state index contributed by atoms with van der Waals surface area (Å²) in [6.07, 6.45) is 7.62. The number of aromatic amines is 1. The Labute approximate surface area is 219 Å². The Balaban J connectivity index is 1.16. The van der Waals surface area contributed by atoms with Gasteiger partial charge in [-0.3, -0.25) is 9.78 Å². The maximum Gasteiger partial charge on any atom is 0.303 e. The van der Waals surface area contributed by atoms with Crippen LogP contribution in [0.25, 0.3) is 44.8 Å². The van der Waals surface area contributed by atoms with Crippen molar-refractivity contribution in [2.75, 3.05) is 0 Å². The first kappa shape index (κ1) is 24.0. The molecule has 2 N–H and O–H groups in total. The number of fused-ring (bicyclic) bond motifs is 1. The molecular weight excluding hydrogens is 479 g/mol. The summed E-state index contributed by atoms with van der Waals surface area (Å²) >= 11 is 0. The number of aromatic nitrogens is 4. The molecule has 0 radical (unpaired) electrons. The van der Waals surface area contributed by atoms with Crippen LogP contribution in [0.15, 0.2) is 79.1 Å². The number of imidazole rings is 1. The van der Waals surface area contributed by atoms with Gasteiger partial charge in [-0.2, -0.15) is 4.39 Å². The number of H-pyrrole nitrogens is 1. The summed E-state index contributed by atoms with van der Waals surface area (Å²) in [5.74, 6) is 0.338. The fraction of sp³-hybridized carbons (Fsp3) is 0.226. The first-order valence-corrected chi connectivity index (χ1v) is 12.9. The Morgan fingerprint density at radius 1 is 0.868 bits per heavy atom. The minimum atomic E-state index is -0.690. The second kappa shape index (κ2) is 10.2. The Morgan fingerprint density at radius 3 is 2.32 bits per heavy atom. The molecule has 2 aromatic carbocycles. The van der Waals surface area contributed by atoms with Gasteiger partial charge in [0.2, 0.25) is 5.95 Å². The predicted molar refractivity (Wildman–Crippen MR) is 145 cm³/mol. The topological polar surface area (TPSA) is 91.8 Å². The van der Waals surface area contributed by atoms with Crippen molar-refractivity contribution >= 4 is 17.0 Å². The summed E-state index contributed by atoms with van der Waals surface area (Å²) in [5.41, 5.74) is 7.49. The summed E-state index contributed by atoms with van der Waals surface area (Å²) in [6.45, 7) is 0. The van der Waals surface area contributed by atoms with E-state index in [1.54, 1.807) is 6.07 Å². The van der Waals surface area contributed by atoms with Crippen LogP contribution in [0, 0.1) is 11.9 Å². The van der Waals surface area contributed by atoms with E-state index in [0.717, 1.165) is 70.5 Å². The summed E-state index contributed by atoms with van der Waals surface area (Å²) in [4.78, 5) is 27.4. The van der Waals surface area contributed by atoms with Crippen LogP contribution < -0.4 is 0 Å². The molecule has 0 saturated heterocycles. The maximum atomic E-state index is 13.5. The molecule has 3 heterocycles. The van der Waals surface area contributed by atoms with E-state index in [2.05, 4.69) is 39.2 Å². The predicted octanol–water partition coefficient (Wildman–Crippen LogP) is 7.24. The lowest BCUT2D eigenvalue weighted by Gasteiger charge is -2.28. The summed E-state index contributed by atoms with van der Waals surface area (Å²) in [7, 11) is 0. The smallest absolute Gasteiger partial charge is 0.303 e. The van der Waals surface area contributed by atoms with E-state index in [1.165, 1.54) is 17.8 Å². The minimum Gasteiger partial charge on any atom is -0.481 e. The first-order valence-electron chi connectivity index (χ1n) is 12.9. The molecule has 38 heavy (non-hydrogen) atoms.